The van der Waals surface area contributed by atoms with E-state index in [1.54, 1.807) is 42.5 Å². The van der Waals surface area contributed by atoms with Crippen molar-refractivity contribution in [2.45, 2.75) is 0 Å². The summed E-state index contributed by atoms with van der Waals surface area (Å²) in [6, 6.07) is 15.1. The average Bonchev–Trinajstić information content (AvgIpc) is 2.69. The second-order valence-corrected chi connectivity index (χ2v) is 6.76. The second kappa shape index (κ2) is 8.48. The van der Waals surface area contributed by atoms with Crippen LogP contribution in [0.15, 0.2) is 70.1 Å². The number of phenols is 1. The molecule has 10 heteroatoms. The highest BCUT2D eigenvalue weighted by atomic mass is 79.9. The van der Waals surface area contributed by atoms with Crippen molar-refractivity contribution in [2.75, 3.05) is 5.32 Å². The van der Waals surface area contributed by atoms with Crippen LogP contribution in [0.2, 0.25) is 0 Å². The van der Waals surface area contributed by atoms with E-state index >= 15 is 0 Å². The summed E-state index contributed by atoms with van der Waals surface area (Å²) in [7, 11) is 0. The molecule has 0 heterocycles. The number of anilines is 2. The van der Waals surface area contributed by atoms with E-state index in [-0.39, 0.29) is 17.1 Å². The molecular weight excluding hydrogens is 444 g/mol. The molecule has 0 amide bonds. The van der Waals surface area contributed by atoms with E-state index in [1.165, 1.54) is 18.3 Å². The summed E-state index contributed by atoms with van der Waals surface area (Å²) in [6.07, 6.45) is 1.52. The number of nitrogens with one attached hydrogen (secondary N) is 1. The molecule has 3 aromatic carbocycles. The van der Waals surface area contributed by atoms with Crippen LogP contribution in [0, 0.1) is 20.2 Å². The molecule has 0 atom stereocenters. The van der Waals surface area contributed by atoms with E-state index in [0.717, 1.165) is 10.5 Å². The van der Waals surface area contributed by atoms with E-state index in [9.17, 15) is 25.3 Å². The summed E-state index contributed by atoms with van der Waals surface area (Å²) in [5.74, 6) is 0.0979. The number of phenolic OH excluding ortho intramolecular Hbond substituents is 1. The lowest BCUT2D eigenvalue weighted by Gasteiger charge is -2.07. The minimum atomic E-state index is -0.688. The van der Waals surface area contributed by atoms with Crippen molar-refractivity contribution in [2.24, 2.45) is 4.99 Å². The highest BCUT2D eigenvalue weighted by Crippen LogP contribution is 2.32. The van der Waals surface area contributed by atoms with E-state index in [1.807, 2.05) is 0 Å². The maximum Gasteiger partial charge on any atom is 0.299 e. The van der Waals surface area contributed by atoms with Crippen LogP contribution in [0.4, 0.5) is 28.4 Å². The van der Waals surface area contributed by atoms with Crippen LogP contribution >= 0.6 is 15.9 Å². The molecule has 0 aliphatic heterocycles. The third kappa shape index (κ3) is 4.93. The quantitative estimate of drug-likeness (QED) is 0.287. The summed E-state index contributed by atoms with van der Waals surface area (Å²) >= 11 is 3.33. The molecular formula is C19H13BrN4O5. The van der Waals surface area contributed by atoms with Crippen LogP contribution in [-0.2, 0) is 0 Å². The number of hydrogen-bond acceptors (Lipinski definition) is 7. The van der Waals surface area contributed by atoms with Crippen LogP contribution < -0.4 is 5.32 Å². The fourth-order valence-electron chi connectivity index (χ4n) is 2.45. The first-order valence-electron chi connectivity index (χ1n) is 8.16. The van der Waals surface area contributed by atoms with Gasteiger partial charge in [-0.15, -0.1) is 0 Å². The van der Waals surface area contributed by atoms with Gasteiger partial charge < -0.3 is 10.4 Å². The predicted octanol–water partition coefficient (Wildman–Crippen LogP) is 5.47. The monoisotopic (exact) mass is 456 g/mol. The SMILES string of the molecule is O=[N+]([O-])c1ccc(Nc2ccc(N=Cc3cc(Br)ccc3O)cc2)c([N+](=O)[O-])c1. The van der Waals surface area contributed by atoms with Gasteiger partial charge in [0.1, 0.15) is 11.4 Å². The van der Waals surface area contributed by atoms with Gasteiger partial charge in [-0.25, -0.2) is 0 Å². The normalized spacial score (nSPS) is 10.8. The molecule has 0 aromatic heterocycles. The predicted molar refractivity (Wildman–Crippen MR) is 113 cm³/mol. The van der Waals surface area contributed by atoms with Crippen molar-refractivity contribution in [3.8, 4) is 5.75 Å². The molecule has 0 saturated carbocycles. The average molecular weight is 457 g/mol. The van der Waals surface area contributed by atoms with Gasteiger partial charge >= 0.3 is 0 Å². The Hall–Kier alpha value is -3.79. The van der Waals surface area contributed by atoms with Gasteiger partial charge in [-0.1, -0.05) is 15.9 Å². The molecule has 3 aromatic rings. The fraction of sp³-hybridized carbons (Fsp3) is 0. The van der Waals surface area contributed by atoms with Crippen LogP contribution in [0.1, 0.15) is 5.56 Å². The van der Waals surface area contributed by atoms with Crippen molar-refractivity contribution in [1.82, 2.24) is 0 Å². The van der Waals surface area contributed by atoms with Gasteiger partial charge in [0.2, 0.25) is 0 Å². The van der Waals surface area contributed by atoms with Crippen molar-refractivity contribution in [1.29, 1.82) is 0 Å². The molecule has 0 spiro atoms. The standard InChI is InChI=1S/C19H13BrN4O5/c20-13-1-8-19(25)12(9-13)11-21-14-2-4-15(5-3-14)22-17-7-6-16(23(26)27)10-18(17)24(28)29/h1-11,22,25H. The number of rotatable bonds is 6. The van der Waals surface area contributed by atoms with Gasteiger partial charge in [-0.3, -0.25) is 25.2 Å². The summed E-state index contributed by atoms with van der Waals surface area (Å²) in [5.41, 5.74) is 1.08. The van der Waals surface area contributed by atoms with E-state index in [2.05, 4.69) is 26.2 Å². The first-order chi connectivity index (χ1) is 13.8. The molecule has 0 aliphatic carbocycles. The topological polar surface area (TPSA) is 131 Å². The van der Waals surface area contributed by atoms with E-state index in [0.29, 0.717) is 16.9 Å². The number of non-ortho nitro benzene ring substituents is 1. The minimum Gasteiger partial charge on any atom is -0.507 e. The van der Waals surface area contributed by atoms with Crippen LogP contribution in [0.25, 0.3) is 0 Å². The molecule has 29 heavy (non-hydrogen) atoms. The Morgan fingerprint density at radius 1 is 0.966 bits per heavy atom. The fourth-order valence-corrected chi connectivity index (χ4v) is 2.83. The molecule has 9 nitrogen and oxygen atoms in total. The highest BCUT2D eigenvalue weighted by Gasteiger charge is 2.19. The van der Waals surface area contributed by atoms with Gasteiger partial charge in [-0.2, -0.15) is 0 Å². The van der Waals surface area contributed by atoms with Gasteiger partial charge in [0.05, 0.1) is 21.6 Å². The van der Waals surface area contributed by atoms with E-state index < -0.39 is 15.5 Å². The van der Waals surface area contributed by atoms with Crippen LogP contribution in [0.5, 0.6) is 5.75 Å². The summed E-state index contributed by atoms with van der Waals surface area (Å²) in [5, 5.41) is 34.7. The molecule has 3 rings (SSSR count). The lowest BCUT2D eigenvalue weighted by molar-refractivity contribution is -0.393. The van der Waals surface area contributed by atoms with Crippen molar-refractivity contribution in [3.05, 3.63) is 90.9 Å². The van der Waals surface area contributed by atoms with Gasteiger partial charge in [-0.05, 0) is 48.5 Å². The largest absolute Gasteiger partial charge is 0.507 e. The number of aliphatic imine (C=N–C) groups is 1. The molecule has 0 unspecified atom stereocenters. The zero-order valence-electron chi connectivity index (χ0n) is 14.7. The molecule has 0 fully saturated rings. The molecule has 0 bridgehead atoms. The summed E-state index contributed by atoms with van der Waals surface area (Å²) in [6.45, 7) is 0. The highest BCUT2D eigenvalue weighted by molar-refractivity contribution is 9.10. The maximum absolute atomic E-state index is 11.2. The Balaban J connectivity index is 1.79. The Morgan fingerprint density at radius 2 is 1.69 bits per heavy atom. The van der Waals surface area contributed by atoms with E-state index in [4.69, 9.17) is 0 Å². The molecule has 0 aliphatic rings. The number of halogens is 1. The zero-order valence-corrected chi connectivity index (χ0v) is 16.2. The van der Waals surface area contributed by atoms with Crippen LogP contribution in [-0.4, -0.2) is 21.2 Å². The lowest BCUT2D eigenvalue weighted by atomic mass is 10.2. The van der Waals surface area contributed by atoms with Gasteiger partial charge in [0.15, 0.2) is 0 Å². The minimum absolute atomic E-state index is 0.0979. The Morgan fingerprint density at radius 3 is 2.34 bits per heavy atom. The Bertz CT molecular complexity index is 1120. The number of nitro groups is 2. The maximum atomic E-state index is 11.2. The number of benzene rings is 3. The van der Waals surface area contributed by atoms with Crippen LogP contribution in [0.3, 0.4) is 0 Å². The number of aromatic hydroxyl groups is 1. The van der Waals surface area contributed by atoms with Crippen molar-refractivity contribution in [3.63, 3.8) is 0 Å². The van der Waals surface area contributed by atoms with Crippen molar-refractivity contribution >= 4 is 50.6 Å². The smallest absolute Gasteiger partial charge is 0.299 e. The first kappa shape index (κ1) is 20.0. The molecule has 146 valence electrons. The van der Waals surface area contributed by atoms with Gasteiger partial charge in [0.25, 0.3) is 11.4 Å². The second-order valence-electron chi connectivity index (χ2n) is 5.85. The van der Waals surface area contributed by atoms with Crippen molar-refractivity contribution < 1.29 is 15.0 Å². The Kier molecular flexibility index (Phi) is 5.84. The summed E-state index contributed by atoms with van der Waals surface area (Å²) < 4.78 is 0.806. The molecule has 2 N–H and O–H groups in total. The molecule has 0 radical (unpaired) electrons. The Labute approximate surface area is 172 Å². The number of hydrogen-bond donors (Lipinski definition) is 2. The third-order valence-electron chi connectivity index (χ3n) is 3.88. The zero-order chi connectivity index (χ0) is 21.0. The third-order valence-corrected chi connectivity index (χ3v) is 4.37. The first-order valence-corrected chi connectivity index (χ1v) is 8.95. The number of nitro benzene ring substituents is 2. The summed E-state index contributed by atoms with van der Waals surface area (Å²) in [4.78, 5) is 24.9. The molecule has 0 saturated heterocycles. The number of nitrogens with zero attached hydrogens (tertiary/aromatic N) is 3. The lowest BCUT2D eigenvalue weighted by Crippen LogP contribution is -1.98. The van der Waals surface area contributed by atoms with Gasteiger partial charge in [0, 0.05) is 28.0 Å².